The number of aryl methyl sites for hydroxylation is 1. The maximum atomic E-state index is 12.5. The molecular weight excluding hydrogens is 346 g/mol. The Labute approximate surface area is 156 Å². The third kappa shape index (κ3) is 5.78. The van der Waals surface area contributed by atoms with Gasteiger partial charge < -0.3 is 0 Å². The smallest absolute Gasteiger partial charge is 0.241 e. The van der Waals surface area contributed by atoms with Crippen LogP contribution in [0.2, 0.25) is 0 Å². The van der Waals surface area contributed by atoms with Gasteiger partial charge in [0.05, 0.1) is 10.9 Å². The zero-order chi connectivity index (χ0) is 19.4. The van der Waals surface area contributed by atoms with Gasteiger partial charge in [0.1, 0.15) is 0 Å². The topological polar surface area (TPSA) is 63.2 Å². The van der Waals surface area contributed by atoms with Crippen molar-refractivity contribution in [1.29, 1.82) is 0 Å². The molecule has 0 heterocycles. The first-order valence-corrected chi connectivity index (χ1v) is 10.3. The van der Waals surface area contributed by atoms with Crippen molar-refractivity contribution in [1.82, 2.24) is 4.72 Å². The summed E-state index contributed by atoms with van der Waals surface area (Å²) in [5.41, 5.74) is 1.83. The monoisotopic (exact) mass is 373 g/mol. The van der Waals surface area contributed by atoms with Gasteiger partial charge in [-0.15, -0.1) is 0 Å². The first kappa shape index (κ1) is 20.3. The Bertz CT molecular complexity index is 835. The van der Waals surface area contributed by atoms with Crippen LogP contribution in [-0.4, -0.2) is 20.2 Å². The third-order valence-corrected chi connectivity index (χ3v) is 5.74. The van der Waals surface area contributed by atoms with Crippen molar-refractivity contribution in [2.75, 3.05) is 0 Å². The zero-order valence-electron chi connectivity index (χ0n) is 15.8. The largest absolute Gasteiger partial charge is 0.292 e. The molecule has 4 nitrogen and oxygen atoms in total. The molecule has 2 rings (SSSR count). The van der Waals surface area contributed by atoms with E-state index in [1.807, 2.05) is 18.2 Å². The van der Waals surface area contributed by atoms with Crippen LogP contribution in [-0.2, 0) is 16.4 Å². The van der Waals surface area contributed by atoms with Crippen molar-refractivity contribution in [3.63, 3.8) is 0 Å². The molecule has 2 aromatic rings. The molecule has 0 radical (unpaired) electrons. The van der Waals surface area contributed by atoms with E-state index in [1.165, 1.54) is 0 Å². The van der Waals surface area contributed by atoms with E-state index in [-0.39, 0.29) is 16.1 Å². The summed E-state index contributed by atoms with van der Waals surface area (Å²) in [5.74, 6) is -0.254. The highest BCUT2D eigenvalue weighted by molar-refractivity contribution is 7.89. The van der Waals surface area contributed by atoms with E-state index >= 15 is 0 Å². The average molecular weight is 374 g/mol. The van der Waals surface area contributed by atoms with Crippen LogP contribution in [0.4, 0.5) is 0 Å². The van der Waals surface area contributed by atoms with E-state index in [0.717, 1.165) is 18.4 Å². The van der Waals surface area contributed by atoms with Crippen molar-refractivity contribution >= 4 is 15.8 Å². The van der Waals surface area contributed by atoms with E-state index < -0.39 is 16.1 Å². The third-order valence-electron chi connectivity index (χ3n) is 4.18. The molecule has 0 aliphatic rings. The number of carbonyl (C=O) groups is 1. The normalized spacial score (nSPS) is 13.4. The summed E-state index contributed by atoms with van der Waals surface area (Å²) in [6.45, 7) is 8.10. The van der Waals surface area contributed by atoms with Gasteiger partial charge in [-0.1, -0.05) is 63.2 Å². The number of rotatable bonds is 7. The van der Waals surface area contributed by atoms with Crippen molar-refractivity contribution in [2.24, 2.45) is 5.41 Å². The van der Waals surface area contributed by atoms with Gasteiger partial charge in [0.2, 0.25) is 10.0 Å². The van der Waals surface area contributed by atoms with Gasteiger partial charge in [0.25, 0.3) is 0 Å². The summed E-state index contributed by atoms with van der Waals surface area (Å²) in [6.07, 6.45) is 1.93. The molecular formula is C21H27NO3S. The zero-order valence-corrected chi connectivity index (χ0v) is 16.6. The minimum atomic E-state index is -3.74. The van der Waals surface area contributed by atoms with Gasteiger partial charge in [-0.3, -0.25) is 4.79 Å². The lowest BCUT2D eigenvalue weighted by molar-refractivity contribution is 0.0961. The molecule has 0 amide bonds. The molecule has 1 atom stereocenters. The number of benzene rings is 2. The summed E-state index contributed by atoms with van der Waals surface area (Å²) in [5, 5.41) is 0. The Morgan fingerprint density at radius 2 is 1.58 bits per heavy atom. The van der Waals surface area contributed by atoms with E-state index in [9.17, 15) is 13.2 Å². The summed E-state index contributed by atoms with van der Waals surface area (Å²) in [7, 11) is -3.74. The Kier molecular flexibility index (Phi) is 6.37. The van der Waals surface area contributed by atoms with Gasteiger partial charge in [0, 0.05) is 5.56 Å². The SMILES string of the molecule is CC(NS(=O)(=O)c1ccc(CCC(C)(C)C)cc1)C(=O)c1ccccc1. The minimum Gasteiger partial charge on any atom is -0.292 e. The van der Waals surface area contributed by atoms with Crippen LogP contribution < -0.4 is 4.72 Å². The van der Waals surface area contributed by atoms with Crippen LogP contribution in [0.5, 0.6) is 0 Å². The van der Waals surface area contributed by atoms with Crippen LogP contribution in [0, 0.1) is 5.41 Å². The highest BCUT2D eigenvalue weighted by Gasteiger charge is 2.23. The Balaban J connectivity index is 2.06. The number of sulfonamides is 1. The van der Waals surface area contributed by atoms with Crippen molar-refractivity contribution in [3.05, 3.63) is 65.7 Å². The Morgan fingerprint density at radius 1 is 1.00 bits per heavy atom. The number of carbonyl (C=O) groups excluding carboxylic acids is 1. The predicted molar refractivity (Wildman–Crippen MR) is 105 cm³/mol. The molecule has 0 bridgehead atoms. The van der Waals surface area contributed by atoms with Crippen LogP contribution in [0.3, 0.4) is 0 Å². The van der Waals surface area contributed by atoms with E-state index in [1.54, 1.807) is 43.3 Å². The molecule has 0 saturated heterocycles. The Morgan fingerprint density at radius 3 is 2.12 bits per heavy atom. The number of ketones is 1. The average Bonchev–Trinajstić information content (AvgIpc) is 2.59. The number of Topliss-reactive ketones (excluding diaryl/α,β-unsaturated/α-hetero) is 1. The molecule has 0 fully saturated rings. The summed E-state index contributed by atoms with van der Waals surface area (Å²) in [6, 6.07) is 14.7. The quantitative estimate of drug-likeness (QED) is 0.739. The molecule has 2 aromatic carbocycles. The second-order valence-corrected chi connectivity index (χ2v) is 9.49. The molecule has 0 aliphatic carbocycles. The lowest BCUT2D eigenvalue weighted by Gasteiger charge is -2.18. The highest BCUT2D eigenvalue weighted by atomic mass is 32.2. The van der Waals surface area contributed by atoms with Gasteiger partial charge in [-0.05, 0) is 42.9 Å². The van der Waals surface area contributed by atoms with Crippen molar-refractivity contribution in [2.45, 2.75) is 51.5 Å². The lowest BCUT2D eigenvalue weighted by Crippen LogP contribution is -2.38. The first-order valence-electron chi connectivity index (χ1n) is 8.79. The first-order chi connectivity index (χ1) is 12.1. The molecule has 1 unspecified atom stereocenters. The summed E-state index contributed by atoms with van der Waals surface area (Å²) >= 11 is 0. The van der Waals surface area contributed by atoms with Crippen molar-refractivity contribution in [3.8, 4) is 0 Å². The maximum absolute atomic E-state index is 12.5. The second-order valence-electron chi connectivity index (χ2n) is 7.78. The number of hydrogen-bond donors (Lipinski definition) is 1. The fourth-order valence-electron chi connectivity index (χ4n) is 2.56. The summed E-state index contributed by atoms with van der Waals surface area (Å²) in [4.78, 5) is 12.5. The van der Waals surface area contributed by atoms with E-state index in [4.69, 9.17) is 0 Å². The molecule has 26 heavy (non-hydrogen) atoms. The van der Waals surface area contributed by atoms with Crippen LogP contribution in [0.1, 0.15) is 50.0 Å². The number of nitrogens with one attached hydrogen (secondary N) is 1. The lowest BCUT2D eigenvalue weighted by atomic mass is 9.89. The van der Waals surface area contributed by atoms with Gasteiger partial charge in [-0.25, -0.2) is 13.1 Å². The van der Waals surface area contributed by atoms with Crippen molar-refractivity contribution < 1.29 is 13.2 Å². The van der Waals surface area contributed by atoms with E-state index in [0.29, 0.717) is 5.56 Å². The molecule has 140 valence electrons. The van der Waals surface area contributed by atoms with Gasteiger partial charge in [-0.2, -0.15) is 0 Å². The van der Waals surface area contributed by atoms with E-state index in [2.05, 4.69) is 25.5 Å². The molecule has 0 spiro atoms. The second kappa shape index (κ2) is 8.14. The summed E-state index contributed by atoms with van der Waals surface area (Å²) < 4.78 is 27.6. The fraction of sp³-hybridized carbons (Fsp3) is 0.381. The maximum Gasteiger partial charge on any atom is 0.241 e. The molecule has 1 N–H and O–H groups in total. The predicted octanol–water partition coefficient (Wildman–Crippen LogP) is 4.22. The Hall–Kier alpha value is -1.98. The standard InChI is InChI=1S/C21H27NO3S/c1-16(20(23)18-8-6-5-7-9-18)22-26(24,25)19-12-10-17(11-13-19)14-15-21(2,3)4/h5-13,16,22H,14-15H2,1-4H3. The van der Waals surface area contributed by atoms with Gasteiger partial charge >= 0.3 is 0 Å². The molecule has 5 heteroatoms. The van der Waals surface area contributed by atoms with Crippen LogP contribution in [0.25, 0.3) is 0 Å². The molecule has 0 saturated carbocycles. The fourth-order valence-corrected chi connectivity index (χ4v) is 3.76. The van der Waals surface area contributed by atoms with Gasteiger partial charge in [0.15, 0.2) is 5.78 Å². The van der Waals surface area contributed by atoms with Crippen LogP contribution >= 0.6 is 0 Å². The highest BCUT2D eigenvalue weighted by Crippen LogP contribution is 2.22. The van der Waals surface area contributed by atoms with Crippen LogP contribution in [0.15, 0.2) is 59.5 Å². The minimum absolute atomic E-state index is 0.171. The number of hydrogen-bond acceptors (Lipinski definition) is 3. The molecule has 0 aromatic heterocycles. The molecule has 0 aliphatic heterocycles.